The number of hydrogen-bond acceptors (Lipinski definition) is 3. The van der Waals surface area contributed by atoms with Crippen LogP contribution in [0.2, 0.25) is 0 Å². The fourth-order valence-corrected chi connectivity index (χ4v) is 3.00. The SMILES string of the molecule is CCCc1nc(CC2(NC)CCCCC2)n(C)n1. The minimum atomic E-state index is 0.253. The number of rotatable bonds is 5. The monoisotopic (exact) mass is 250 g/mol. The van der Waals surface area contributed by atoms with Crippen molar-refractivity contribution in [2.45, 2.75) is 63.8 Å². The summed E-state index contributed by atoms with van der Waals surface area (Å²) in [7, 11) is 4.11. The third-order valence-electron chi connectivity index (χ3n) is 4.21. The fourth-order valence-electron chi connectivity index (χ4n) is 3.00. The van der Waals surface area contributed by atoms with Crippen molar-refractivity contribution in [3.8, 4) is 0 Å². The number of hydrogen-bond donors (Lipinski definition) is 1. The first kappa shape index (κ1) is 13.5. The number of likely N-dealkylation sites (N-methyl/N-ethyl adjacent to an activating group) is 1. The zero-order valence-electron chi connectivity index (χ0n) is 12.0. The summed E-state index contributed by atoms with van der Waals surface area (Å²) >= 11 is 0. The average molecular weight is 250 g/mol. The highest BCUT2D eigenvalue weighted by Gasteiger charge is 2.32. The predicted octanol–water partition coefficient (Wildman–Crippen LogP) is 2.23. The third-order valence-corrected chi connectivity index (χ3v) is 4.21. The second-order valence-electron chi connectivity index (χ2n) is 5.59. The largest absolute Gasteiger partial charge is 0.314 e. The van der Waals surface area contributed by atoms with Crippen LogP contribution in [0.1, 0.15) is 57.1 Å². The quantitative estimate of drug-likeness (QED) is 0.871. The van der Waals surface area contributed by atoms with E-state index >= 15 is 0 Å². The fraction of sp³-hybridized carbons (Fsp3) is 0.857. The van der Waals surface area contributed by atoms with E-state index in [1.165, 1.54) is 32.1 Å². The molecule has 0 saturated heterocycles. The number of aryl methyl sites for hydroxylation is 2. The molecule has 102 valence electrons. The van der Waals surface area contributed by atoms with E-state index < -0.39 is 0 Å². The van der Waals surface area contributed by atoms with Gasteiger partial charge in [-0.1, -0.05) is 26.2 Å². The maximum Gasteiger partial charge on any atom is 0.150 e. The molecule has 18 heavy (non-hydrogen) atoms. The van der Waals surface area contributed by atoms with Gasteiger partial charge in [-0.05, 0) is 26.3 Å². The van der Waals surface area contributed by atoms with E-state index in [0.29, 0.717) is 0 Å². The number of nitrogens with zero attached hydrogens (tertiary/aromatic N) is 3. The minimum Gasteiger partial charge on any atom is -0.314 e. The van der Waals surface area contributed by atoms with E-state index in [1.54, 1.807) is 0 Å². The highest BCUT2D eigenvalue weighted by Crippen LogP contribution is 2.30. The van der Waals surface area contributed by atoms with Crippen LogP contribution in [0.15, 0.2) is 0 Å². The molecule has 1 saturated carbocycles. The van der Waals surface area contributed by atoms with Crippen LogP contribution in [0.5, 0.6) is 0 Å². The van der Waals surface area contributed by atoms with Gasteiger partial charge in [0.05, 0.1) is 0 Å². The van der Waals surface area contributed by atoms with Crippen LogP contribution in [-0.4, -0.2) is 27.4 Å². The van der Waals surface area contributed by atoms with E-state index in [0.717, 1.165) is 30.9 Å². The topological polar surface area (TPSA) is 42.7 Å². The molecule has 0 spiro atoms. The first-order valence-corrected chi connectivity index (χ1v) is 7.27. The van der Waals surface area contributed by atoms with Gasteiger partial charge in [0.2, 0.25) is 0 Å². The minimum absolute atomic E-state index is 0.253. The van der Waals surface area contributed by atoms with E-state index in [4.69, 9.17) is 4.98 Å². The van der Waals surface area contributed by atoms with Crippen molar-refractivity contribution in [1.82, 2.24) is 20.1 Å². The molecule has 0 amide bonds. The Balaban J connectivity index is 2.11. The Labute approximate surface area is 110 Å². The highest BCUT2D eigenvalue weighted by molar-refractivity contribution is 5.02. The molecule has 0 aliphatic heterocycles. The summed E-state index contributed by atoms with van der Waals surface area (Å²) < 4.78 is 1.97. The lowest BCUT2D eigenvalue weighted by Crippen LogP contribution is -2.47. The van der Waals surface area contributed by atoms with Gasteiger partial charge >= 0.3 is 0 Å². The van der Waals surface area contributed by atoms with Crippen LogP contribution >= 0.6 is 0 Å². The summed E-state index contributed by atoms with van der Waals surface area (Å²) in [5, 5.41) is 8.06. The van der Waals surface area contributed by atoms with Gasteiger partial charge in [0.15, 0.2) is 5.82 Å². The lowest BCUT2D eigenvalue weighted by molar-refractivity contribution is 0.239. The van der Waals surface area contributed by atoms with Crippen LogP contribution in [0.3, 0.4) is 0 Å². The highest BCUT2D eigenvalue weighted by atomic mass is 15.3. The zero-order chi connectivity index (χ0) is 13.0. The Morgan fingerprint density at radius 2 is 2.00 bits per heavy atom. The van der Waals surface area contributed by atoms with E-state index in [9.17, 15) is 0 Å². The van der Waals surface area contributed by atoms with E-state index in [2.05, 4.69) is 24.4 Å². The van der Waals surface area contributed by atoms with Gasteiger partial charge in [-0.25, -0.2) is 4.98 Å². The predicted molar refractivity (Wildman–Crippen MR) is 73.6 cm³/mol. The van der Waals surface area contributed by atoms with Gasteiger partial charge < -0.3 is 5.32 Å². The number of aromatic nitrogens is 3. The summed E-state index contributed by atoms with van der Waals surface area (Å²) in [6, 6.07) is 0. The Morgan fingerprint density at radius 3 is 2.61 bits per heavy atom. The van der Waals surface area contributed by atoms with Gasteiger partial charge in [0, 0.05) is 25.4 Å². The summed E-state index contributed by atoms with van der Waals surface area (Å²) in [4.78, 5) is 4.70. The molecule has 1 aromatic rings. The molecular formula is C14H26N4. The van der Waals surface area contributed by atoms with Crippen LogP contribution in [0.25, 0.3) is 0 Å². The van der Waals surface area contributed by atoms with Crippen molar-refractivity contribution < 1.29 is 0 Å². The molecule has 1 N–H and O–H groups in total. The maximum absolute atomic E-state index is 4.70. The van der Waals surface area contributed by atoms with Crippen molar-refractivity contribution in [3.63, 3.8) is 0 Å². The van der Waals surface area contributed by atoms with Crippen molar-refractivity contribution in [2.75, 3.05) is 7.05 Å². The smallest absolute Gasteiger partial charge is 0.150 e. The van der Waals surface area contributed by atoms with Crippen LogP contribution in [0.4, 0.5) is 0 Å². The van der Waals surface area contributed by atoms with Crippen LogP contribution in [0, 0.1) is 0 Å². The van der Waals surface area contributed by atoms with Crippen molar-refractivity contribution in [3.05, 3.63) is 11.6 Å². The first-order valence-electron chi connectivity index (χ1n) is 7.27. The van der Waals surface area contributed by atoms with E-state index in [1.807, 2.05) is 11.7 Å². The second-order valence-corrected chi connectivity index (χ2v) is 5.59. The van der Waals surface area contributed by atoms with Crippen LogP contribution < -0.4 is 5.32 Å². The molecule has 2 rings (SSSR count). The molecular weight excluding hydrogens is 224 g/mol. The molecule has 0 radical (unpaired) electrons. The molecule has 0 unspecified atom stereocenters. The standard InChI is InChI=1S/C14H26N4/c1-4-8-12-16-13(18(3)17-12)11-14(15-2)9-6-5-7-10-14/h15H,4-11H2,1-3H3. The Morgan fingerprint density at radius 1 is 1.28 bits per heavy atom. The van der Waals surface area contributed by atoms with E-state index in [-0.39, 0.29) is 5.54 Å². The first-order chi connectivity index (χ1) is 8.69. The lowest BCUT2D eigenvalue weighted by Gasteiger charge is -2.36. The Kier molecular flexibility index (Phi) is 4.38. The molecule has 0 aromatic carbocycles. The Hall–Kier alpha value is -0.900. The van der Waals surface area contributed by atoms with Crippen molar-refractivity contribution >= 4 is 0 Å². The second kappa shape index (κ2) is 5.83. The molecule has 0 bridgehead atoms. The van der Waals surface area contributed by atoms with Crippen molar-refractivity contribution in [1.29, 1.82) is 0 Å². The van der Waals surface area contributed by atoms with Gasteiger partial charge in [-0.15, -0.1) is 0 Å². The normalized spacial score (nSPS) is 19.1. The summed E-state index contributed by atoms with van der Waals surface area (Å²) in [6.45, 7) is 2.17. The Bertz CT molecular complexity index is 377. The molecule has 0 atom stereocenters. The molecule has 4 heteroatoms. The van der Waals surface area contributed by atoms with Gasteiger partial charge in [-0.3, -0.25) is 4.68 Å². The zero-order valence-corrected chi connectivity index (χ0v) is 12.0. The van der Waals surface area contributed by atoms with Gasteiger partial charge in [0.25, 0.3) is 0 Å². The molecule has 1 heterocycles. The van der Waals surface area contributed by atoms with Gasteiger partial charge in [-0.2, -0.15) is 5.10 Å². The van der Waals surface area contributed by atoms with Gasteiger partial charge in [0.1, 0.15) is 5.82 Å². The molecule has 1 aliphatic rings. The third kappa shape index (κ3) is 2.91. The molecule has 4 nitrogen and oxygen atoms in total. The molecule has 1 aliphatic carbocycles. The van der Waals surface area contributed by atoms with Crippen LogP contribution in [-0.2, 0) is 19.9 Å². The maximum atomic E-state index is 4.70. The molecule has 1 aromatic heterocycles. The molecule has 1 fully saturated rings. The number of nitrogens with one attached hydrogen (secondary N) is 1. The lowest BCUT2D eigenvalue weighted by atomic mass is 9.79. The van der Waals surface area contributed by atoms with Crippen molar-refractivity contribution in [2.24, 2.45) is 7.05 Å². The summed E-state index contributed by atoms with van der Waals surface area (Å²) in [5.74, 6) is 2.13. The average Bonchev–Trinajstić information content (AvgIpc) is 2.71. The summed E-state index contributed by atoms with van der Waals surface area (Å²) in [5.41, 5.74) is 0.253. The summed E-state index contributed by atoms with van der Waals surface area (Å²) in [6.07, 6.45) is 9.68.